The highest BCUT2D eigenvalue weighted by Gasteiger charge is 2.27. The first-order valence-electron chi connectivity index (χ1n) is 10.7. The minimum Gasteiger partial charge on any atom is -0.493 e. The van der Waals surface area contributed by atoms with Gasteiger partial charge in [0.25, 0.3) is 5.91 Å². The number of halogens is 1. The van der Waals surface area contributed by atoms with E-state index in [9.17, 15) is 13.2 Å². The highest BCUT2D eigenvalue weighted by molar-refractivity contribution is 7.89. The average molecular weight is 532 g/mol. The molecule has 190 valence electrons. The number of rotatable bonds is 11. The number of hydrazone groups is 1. The fourth-order valence-electron chi connectivity index (χ4n) is 3.36. The Hall–Kier alpha value is -3.60. The highest BCUT2D eigenvalue weighted by Crippen LogP contribution is 2.38. The van der Waals surface area contributed by atoms with Gasteiger partial charge in [0.15, 0.2) is 11.5 Å². The quantitative estimate of drug-likeness (QED) is 0.299. The first kappa shape index (κ1) is 27.0. The fourth-order valence-corrected chi connectivity index (χ4v) is 4.89. The zero-order valence-electron chi connectivity index (χ0n) is 20.0. The third-order valence-electron chi connectivity index (χ3n) is 5.10. The molecule has 3 aromatic carbocycles. The predicted molar refractivity (Wildman–Crippen MR) is 137 cm³/mol. The maximum absolute atomic E-state index is 13.3. The Morgan fingerprint density at radius 1 is 0.944 bits per heavy atom. The molecular formula is C25H26ClN3O6S. The van der Waals surface area contributed by atoms with Gasteiger partial charge in [-0.25, -0.2) is 13.8 Å². The largest absolute Gasteiger partial charge is 0.493 e. The molecule has 11 heteroatoms. The van der Waals surface area contributed by atoms with Crippen LogP contribution in [0.4, 0.5) is 0 Å². The predicted octanol–water partition coefficient (Wildman–Crippen LogP) is 3.71. The first-order chi connectivity index (χ1) is 17.3. The summed E-state index contributed by atoms with van der Waals surface area (Å²) in [6, 6.07) is 18.0. The molecule has 0 heterocycles. The second kappa shape index (κ2) is 12.4. The number of carbonyl (C=O) groups is 1. The molecule has 0 unspecified atom stereocenters. The lowest BCUT2D eigenvalue weighted by atomic mass is 10.2. The molecule has 0 aliphatic heterocycles. The van der Waals surface area contributed by atoms with Crippen LogP contribution in [0.2, 0.25) is 5.02 Å². The molecule has 36 heavy (non-hydrogen) atoms. The SMILES string of the molecule is COc1ccc(/C=N\NC(=O)CN(Cc2ccc(Cl)cc2)S(=O)(=O)c2ccccc2)c(OC)c1OC. The lowest BCUT2D eigenvalue weighted by Gasteiger charge is -2.21. The number of amides is 1. The van der Waals surface area contributed by atoms with Crippen LogP contribution in [0.3, 0.4) is 0 Å². The van der Waals surface area contributed by atoms with Crippen LogP contribution >= 0.6 is 11.6 Å². The molecule has 0 aliphatic carbocycles. The van der Waals surface area contributed by atoms with E-state index >= 15 is 0 Å². The number of nitrogens with one attached hydrogen (secondary N) is 1. The number of hydrogen-bond acceptors (Lipinski definition) is 7. The van der Waals surface area contributed by atoms with Crippen LogP contribution in [-0.2, 0) is 21.4 Å². The van der Waals surface area contributed by atoms with E-state index < -0.39 is 22.5 Å². The summed E-state index contributed by atoms with van der Waals surface area (Å²) in [5, 5.41) is 4.49. The standard InChI is InChI=1S/C25H26ClN3O6S/c1-33-22-14-11-19(24(34-2)25(22)35-3)15-27-28-23(30)17-29(16-18-9-12-20(26)13-10-18)36(31,32)21-7-5-4-6-8-21/h4-15H,16-17H2,1-3H3,(H,28,30)/b27-15-. The van der Waals surface area contributed by atoms with E-state index in [1.54, 1.807) is 54.6 Å². The number of ether oxygens (including phenoxy) is 3. The Kier molecular flexibility index (Phi) is 9.29. The van der Waals surface area contributed by atoms with Crippen molar-refractivity contribution in [3.05, 3.63) is 82.9 Å². The smallest absolute Gasteiger partial charge is 0.255 e. The summed E-state index contributed by atoms with van der Waals surface area (Å²) in [6.07, 6.45) is 1.37. The zero-order valence-corrected chi connectivity index (χ0v) is 21.5. The van der Waals surface area contributed by atoms with Crippen LogP contribution in [0.25, 0.3) is 0 Å². The molecule has 0 bridgehead atoms. The lowest BCUT2D eigenvalue weighted by molar-refractivity contribution is -0.121. The summed E-state index contributed by atoms with van der Waals surface area (Å²) in [7, 11) is 0.479. The minimum atomic E-state index is -3.97. The van der Waals surface area contributed by atoms with Crippen molar-refractivity contribution in [2.24, 2.45) is 5.10 Å². The molecular weight excluding hydrogens is 506 g/mol. The van der Waals surface area contributed by atoms with Crippen LogP contribution in [0.5, 0.6) is 17.2 Å². The Morgan fingerprint density at radius 3 is 2.22 bits per heavy atom. The van der Waals surface area contributed by atoms with Gasteiger partial charge in [-0.1, -0.05) is 41.9 Å². The van der Waals surface area contributed by atoms with Gasteiger partial charge in [0, 0.05) is 17.1 Å². The molecule has 0 aromatic heterocycles. The highest BCUT2D eigenvalue weighted by atomic mass is 35.5. The lowest BCUT2D eigenvalue weighted by Crippen LogP contribution is -2.39. The summed E-state index contributed by atoms with van der Waals surface area (Å²) in [5.74, 6) is 0.586. The van der Waals surface area contributed by atoms with Crippen LogP contribution < -0.4 is 19.6 Å². The monoisotopic (exact) mass is 531 g/mol. The normalized spacial score (nSPS) is 11.5. The summed E-state index contributed by atoms with van der Waals surface area (Å²) in [4.78, 5) is 12.8. The third kappa shape index (κ3) is 6.54. The molecule has 0 fully saturated rings. The van der Waals surface area contributed by atoms with Gasteiger partial charge < -0.3 is 14.2 Å². The van der Waals surface area contributed by atoms with Gasteiger partial charge in [-0.05, 0) is 42.0 Å². The third-order valence-corrected chi connectivity index (χ3v) is 7.16. The Balaban J connectivity index is 1.80. The molecule has 1 N–H and O–H groups in total. The van der Waals surface area contributed by atoms with E-state index in [0.29, 0.717) is 33.4 Å². The van der Waals surface area contributed by atoms with Crippen molar-refractivity contribution in [1.82, 2.24) is 9.73 Å². The molecule has 1 amide bonds. The van der Waals surface area contributed by atoms with Gasteiger partial charge in [0.05, 0.1) is 39.0 Å². The van der Waals surface area contributed by atoms with E-state index in [4.69, 9.17) is 25.8 Å². The van der Waals surface area contributed by atoms with Gasteiger partial charge in [0.1, 0.15) is 0 Å². The summed E-state index contributed by atoms with van der Waals surface area (Å²) < 4.78 is 43.6. The fraction of sp³-hybridized carbons (Fsp3) is 0.200. The second-order valence-corrected chi connectivity index (χ2v) is 9.80. The van der Waals surface area contributed by atoms with Gasteiger partial charge in [-0.15, -0.1) is 0 Å². The Morgan fingerprint density at radius 2 is 1.61 bits per heavy atom. The van der Waals surface area contributed by atoms with E-state index in [1.165, 1.54) is 39.7 Å². The number of nitrogens with zero attached hydrogens (tertiary/aromatic N) is 2. The number of carbonyl (C=O) groups excluding carboxylic acids is 1. The molecule has 3 rings (SSSR count). The Labute approximate surface area is 215 Å². The molecule has 3 aromatic rings. The number of benzene rings is 3. The van der Waals surface area contributed by atoms with Gasteiger partial charge in [-0.2, -0.15) is 9.41 Å². The first-order valence-corrected chi connectivity index (χ1v) is 12.5. The van der Waals surface area contributed by atoms with E-state index in [1.807, 2.05) is 0 Å². The van der Waals surface area contributed by atoms with Crippen LogP contribution in [0.1, 0.15) is 11.1 Å². The van der Waals surface area contributed by atoms with Crippen molar-refractivity contribution in [3.8, 4) is 17.2 Å². The second-order valence-electron chi connectivity index (χ2n) is 7.43. The van der Waals surface area contributed by atoms with Gasteiger partial charge in [0.2, 0.25) is 15.8 Å². The Bertz CT molecular complexity index is 1320. The summed E-state index contributed by atoms with van der Waals surface area (Å²) in [5.41, 5.74) is 3.56. The maximum atomic E-state index is 13.3. The number of sulfonamides is 1. The van der Waals surface area contributed by atoms with Crippen molar-refractivity contribution in [1.29, 1.82) is 0 Å². The van der Waals surface area contributed by atoms with Crippen molar-refractivity contribution >= 4 is 33.7 Å². The molecule has 0 aliphatic rings. The van der Waals surface area contributed by atoms with Crippen molar-refractivity contribution in [3.63, 3.8) is 0 Å². The number of methoxy groups -OCH3 is 3. The summed E-state index contributed by atoms with van der Waals surface area (Å²) in [6.45, 7) is -0.491. The summed E-state index contributed by atoms with van der Waals surface area (Å²) >= 11 is 5.95. The van der Waals surface area contributed by atoms with E-state index in [0.717, 1.165) is 4.31 Å². The van der Waals surface area contributed by atoms with E-state index in [2.05, 4.69) is 10.5 Å². The average Bonchev–Trinajstić information content (AvgIpc) is 2.89. The molecule has 0 spiro atoms. The van der Waals surface area contributed by atoms with Gasteiger partial charge >= 0.3 is 0 Å². The molecule has 0 saturated heterocycles. The van der Waals surface area contributed by atoms with Crippen LogP contribution in [0.15, 0.2) is 76.7 Å². The minimum absolute atomic E-state index is 0.0327. The topological polar surface area (TPSA) is 107 Å². The van der Waals surface area contributed by atoms with E-state index in [-0.39, 0.29) is 11.4 Å². The van der Waals surface area contributed by atoms with Crippen LogP contribution in [0, 0.1) is 0 Å². The number of hydrogen-bond donors (Lipinski definition) is 1. The van der Waals surface area contributed by atoms with Crippen molar-refractivity contribution in [2.45, 2.75) is 11.4 Å². The zero-order chi connectivity index (χ0) is 26.1. The molecule has 9 nitrogen and oxygen atoms in total. The molecule has 0 atom stereocenters. The maximum Gasteiger partial charge on any atom is 0.255 e. The molecule has 0 saturated carbocycles. The van der Waals surface area contributed by atoms with Crippen molar-refractivity contribution < 1.29 is 27.4 Å². The van der Waals surface area contributed by atoms with Crippen LogP contribution in [-0.4, -0.2) is 52.7 Å². The van der Waals surface area contributed by atoms with Gasteiger partial charge in [-0.3, -0.25) is 4.79 Å². The molecule has 0 radical (unpaired) electrons. The van der Waals surface area contributed by atoms with Crippen molar-refractivity contribution in [2.75, 3.05) is 27.9 Å².